The molecule has 5 heteroatoms. The molecule has 25 heavy (non-hydrogen) atoms. The summed E-state index contributed by atoms with van der Waals surface area (Å²) in [6.45, 7) is 1.72. The molecule has 0 amide bonds. The van der Waals surface area contributed by atoms with E-state index in [4.69, 9.17) is 14.8 Å². The SMILES string of the molecule is Cc1c(N=Cc2ccc(-c3ccc(C#N)cc3)o2)cccc1C(=O)O. The standard InChI is InChI=1S/C20H14N2O3/c1-13-17(20(23)24)3-2-4-18(13)22-12-16-9-10-19(25-16)15-7-5-14(11-21)6-8-15/h2-10,12H,1H3,(H,23,24). The van der Waals surface area contributed by atoms with Crippen molar-refractivity contribution in [2.45, 2.75) is 6.92 Å². The Morgan fingerprint density at radius 1 is 1.16 bits per heavy atom. The molecule has 0 radical (unpaired) electrons. The molecule has 0 unspecified atom stereocenters. The van der Waals surface area contributed by atoms with Crippen LogP contribution in [-0.2, 0) is 0 Å². The van der Waals surface area contributed by atoms with Gasteiger partial charge in [-0.15, -0.1) is 0 Å². The van der Waals surface area contributed by atoms with E-state index < -0.39 is 5.97 Å². The fourth-order valence-electron chi connectivity index (χ4n) is 2.41. The summed E-state index contributed by atoms with van der Waals surface area (Å²) < 4.78 is 5.73. The number of carboxylic acid groups (broad SMARTS) is 1. The highest BCUT2D eigenvalue weighted by Crippen LogP contribution is 2.24. The lowest BCUT2D eigenvalue weighted by Crippen LogP contribution is -1.99. The second-order valence-electron chi connectivity index (χ2n) is 5.40. The Balaban J connectivity index is 1.84. The summed E-state index contributed by atoms with van der Waals surface area (Å²) in [4.78, 5) is 15.5. The first-order valence-electron chi connectivity index (χ1n) is 7.56. The Morgan fingerprint density at radius 3 is 2.60 bits per heavy atom. The average Bonchev–Trinajstić information content (AvgIpc) is 3.09. The molecule has 3 rings (SSSR count). The summed E-state index contributed by atoms with van der Waals surface area (Å²) in [5.41, 5.74) is 2.86. The quantitative estimate of drug-likeness (QED) is 0.710. The number of aliphatic imine (C=N–C) groups is 1. The summed E-state index contributed by atoms with van der Waals surface area (Å²) in [6.07, 6.45) is 1.56. The molecule has 0 aliphatic heterocycles. The van der Waals surface area contributed by atoms with Crippen molar-refractivity contribution < 1.29 is 14.3 Å². The van der Waals surface area contributed by atoms with E-state index >= 15 is 0 Å². The van der Waals surface area contributed by atoms with E-state index in [0.717, 1.165) is 5.56 Å². The summed E-state index contributed by atoms with van der Waals surface area (Å²) in [7, 11) is 0. The Bertz CT molecular complexity index is 993. The van der Waals surface area contributed by atoms with Crippen LogP contribution in [0.25, 0.3) is 11.3 Å². The van der Waals surface area contributed by atoms with Gasteiger partial charge in [0.1, 0.15) is 11.5 Å². The van der Waals surface area contributed by atoms with Gasteiger partial charge in [-0.05, 0) is 61.0 Å². The van der Waals surface area contributed by atoms with Crippen molar-refractivity contribution in [3.63, 3.8) is 0 Å². The number of hydrogen-bond acceptors (Lipinski definition) is 4. The lowest BCUT2D eigenvalue weighted by atomic mass is 10.1. The molecular weight excluding hydrogens is 316 g/mol. The lowest BCUT2D eigenvalue weighted by Gasteiger charge is -2.03. The fraction of sp³-hybridized carbons (Fsp3) is 0.0500. The summed E-state index contributed by atoms with van der Waals surface area (Å²) >= 11 is 0. The molecule has 1 heterocycles. The fourth-order valence-corrected chi connectivity index (χ4v) is 2.41. The third-order valence-corrected chi connectivity index (χ3v) is 3.79. The maximum absolute atomic E-state index is 11.2. The average molecular weight is 330 g/mol. The van der Waals surface area contributed by atoms with Gasteiger partial charge in [0.25, 0.3) is 0 Å². The van der Waals surface area contributed by atoms with Gasteiger partial charge in [0.05, 0.1) is 29.1 Å². The largest absolute Gasteiger partial charge is 0.478 e. The van der Waals surface area contributed by atoms with Gasteiger partial charge in [0, 0.05) is 5.56 Å². The third-order valence-electron chi connectivity index (χ3n) is 3.79. The number of carbonyl (C=O) groups is 1. The van der Waals surface area contributed by atoms with Crippen molar-refractivity contribution in [3.8, 4) is 17.4 Å². The van der Waals surface area contributed by atoms with Gasteiger partial charge < -0.3 is 9.52 Å². The van der Waals surface area contributed by atoms with E-state index in [0.29, 0.717) is 28.3 Å². The predicted octanol–water partition coefficient (Wildman–Crippen LogP) is 4.58. The van der Waals surface area contributed by atoms with Gasteiger partial charge in [-0.25, -0.2) is 4.79 Å². The zero-order valence-electron chi connectivity index (χ0n) is 13.4. The number of benzene rings is 2. The molecule has 0 bridgehead atoms. The summed E-state index contributed by atoms with van der Waals surface area (Å²) in [5, 5.41) is 18.0. The minimum absolute atomic E-state index is 0.229. The number of rotatable bonds is 4. The predicted molar refractivity (Wildman–Crippen MR) is 94.3 cm³/mol. The zero-order chi connectivity index (χ0) is 17.8. The Morgan fingerprint density at radius 2 is 1.92 bits per heavy atom. The van der Waals surface area contributed by atoms with E-state index in [1.165, 1.54) is 0 Å². The molecule has 0 saturated carbocycles. The van der Waals surface area contributed by atoms with Crippen molar-refractivity contribution in [2.24, 2.45) is 4.99 Å². The van der Waals surface area contributed by atoms with E-state index in [2.05, 4.69) is 11.1 Å². The van der Waals surface area contributed by atoms with Crippen LogP contribution in [0.15, 0.2) is 64.0 Å². The van der Waals surface area contributed by atoms with E-state index in [1.54, 1.807) is 49.5 Å². The maximum Gasteiger partial charge on any atom is 0.336 e. The normalized spacial score (nSPS) is 10.7. The first kappa shape index (κ1) is 16.2. The van der Waals surface area contributed by atoms with Gasteiger partial charge in [0.15, 0.2) is 0 Å². The molecule has 0 spiro atoms. The number of carboxylic acids is 1. The number of nitrogens with zero attached hydrogens (tertiary/aromatic N) is 2. The minimum atomic E-state index is -0.976. The lowest BCUT2D eigenvalue weighted by molar-refractivity contribution is 0.0696. The topological polar surface area (TPSA) is 86.6 Å². The molecule has 0 fully saturated rings. The van der Waals surface area contributed by atoms with Crippen molar-refractivity contribution in [1.82, 2.24) is 0 Å². The molecule has 0 saturated heterocycles. The third kappa shape index (κ3) is 3.48. The smallest absolute Gasteiger partial charge is 0.336 e. The van der Waals surface area contributed by atoms with Crippen molar-refractivity contribution >= 4 is 17.9 Å². The highest BCUT2D eigenvalue weighted by Gasteiger charge is 2.09. The van der Waals surface area contributed by atoms with Gasteiger partial charge >= 0.3 is 5.97 Å². The zero-order valence-corrected chi connectivity index (χ0v) is 13.4. The van der Waals surface area contributed by atoms with Crippen LogP contribution >= 0.6 is 0 Å². The minimum Gasteiger partial charge on any atom is -0.478 e. The molecule has 122 valence electrons. The first-order chi connectivity index (χ1) is 12.1. The molecule has 1 aromatic heterocycles. The molecule has 0 atom stereocenters. The first-order valence-corrected chi connectivity index (χ1v) is 7.56. The second kappa shape index (κ2) is 6.85. The molecule has 5 nitrogen and oxygen atoms in total. The molecule has 2 aromatic carbocycles. The monoisotopic (exact) mass is 330 g/mol. The van der Waals surface area contributed by atoms with Crippen molar-refractivity contribution in [1.29, 1.82) is 5.26 Å². The van der Waals surface area contributed by atoms with Gasteiger partial charge in [0.2, 0.25) is 0 Å². The molecule has 3 aromatic rings. The maximum atomic E-state index is 11.2. The van der Waals surface area contributed by atoms with Gasteiger partial charge in [-0.1, -0.05) is 6.07 Å². The van der Waals surface area contributed by atoms with Crippen LogP contribution < -0.4 is 0 Å². The Kier molecular flexibility index (Phi) is 4.44. The van der Waals surface area contributed by atoms with Crippen molar-refractivity contribution in [3.05, 3.63) is 77.0 Å². The van der Waals surface area contributed by atoms with E-state index in [9.17, 15) is 4.79 Å². The van der Waals surface area contributed by atoms with Crippen LogP contribution in [0.3, 0.4) is 0 Å². The number of nitriles is 1. The second-order valence-corrected chi connectivity index (χ2v) is 5.40. The van der Waals surface area contributed by atoms with Gasteiger partial charge in [-0.3, -0.25) is 4.99 Å². The molecular formula is C20H14N2O3. The van der Waals surface area contributed by atoms with E-state index in [-0.39, 0.29) is 5.56 Å². The summed E-state index contributed by atoms with van der Waals surface area (Å²) in [5.74, 6) is 0.247. The summed E-state index contributed by atoms with van der Waals surface area (Å²) in [6, 6.07) is 17.7. The Hall–Kier alpha value is -3.65. The van der Waals surface area contributed by atoms with Crippen LogP contribution in [0.4, 0.5) is 5.69 Å². The van der Waals surface area contributed by atoms with E-state index in [1.807, 2.05) is 18.2 Å². The number of furan rings is 1. The van der Waals surface area contributed by atoms with Crippen molar-refractivity contribution in [2.75, 3.05) is 0 Å². The molecule has 0 aliphatic carbocycles. The highest BCUT2D eigenvalue weighted by atomic mass is 16.4. The molecule has 0 aliphatic rings. The van der Waals surface area contributed by atoms with Crippen LogP contribution in [0.2, 0.25) is 0 Å². The highest BCUT2D eigenvalue weighted by molar-refractivity contribution is 5.91. The number of aromatic carboxylic acids is 1. The molecule has 1 N–H and O–H groups in total. The number of hydrogen-bond donors (Lipinski definition) is 1. The van der Waals surface area contributed by atoms with Crippen LogP contribution in [0.1, 0.15) is 27.2 Å². The van der Waals surface area contributed by atoms with Gasteiger partial charge in [-0.2, -0.15) is 5.26 Å². The van der Waals surface area contributed by atoms with Crippen LogP contribution in [-0.4, -0.2) is 17.3 Å². The van der Waals surface area contributed by atoms with Crippen LogP contribution in [0, 0.1) is 18.3 Å². The van der Waals surface area contributed by atoms with Crippen LogP contribution in [0.5, 0.6) is 0 Å². The Labute approximate surface area is 144 Å².